The molecular weight excluding hydrogens is 538 g/mol. The Bertz CT molecular complexity index is 1650. The first-order chi connectivity index (χ1) is 18.9. The molecule has 196 valence electrons. The lowest BCUT2D eigenvalue weighted by molar-refractivity contribution is -0.127. The second-order valence-electron chi connectivity index (χ2n) is 9.03. The number of rotatable bonds is 6. The third-order valence-corrected chi connectivity index (χ3v) is 7.53. The summed E-state index contributed by atoms with van der Waals surface area (Å²) < 4.78 is 13.1. The van der Waals surface area contributed by atoms with Gasteiger partial charge in [0.05, 0.1) is 4.91 Å². The van der Waals surface area contributed by atoms with E-state index in [4.69, 9.17) is 21.1 Å². The van der Waals surface area contributed by atoms with Gasteiger partial charge < -0.3 is 19.4 Å². The highest BCUT2D eigenvalue weighted by molar-refractivity contribution is 8.18. The minimum atomic E-state index is -0.503. The first-order valence-corrected chi connectivity index (χ1v) is 13.4. The number of nitrogens with zero attached hydrogens (tertiary/aromatic N) is 2. The standard InChI is InChI=1S/C29H22ClN3O5S/c30-20-7-5-18(6-8-20)15-32-16-19(22-3-1-2-4-23(22)32)13-26-28(35)33(29(36)39-26)17-27(34)31-21-9-10-24-25(14-21)38-12-11-37-24/h1-10,13-14,16H,11-12,15,17H2,(H,31,34)/b26-13-. The van der Waals surface area contributed by atoms with Gasteiger partial charge in [0.25, 0.3) is 11.1 Å². The first-order valence-electron chi connectivity index (χ1n) is 12.2. The number of ether oxygens (including phenoxy) is 2. The lowest BCUT2D eigenvalue weighted by atomic mass is 10.1. The molecule has 3 amide bonds. The van der Waals surface area contributed by atoms with Crippen molar-refractivity contribution in [1.82, 2.24) is 9.47 Å². The number of fused-ring (bicyclic) bond motifs is 2. The lowest BCUT2D eigenvalue weighted by Crippen LogP contribution is -2.36. The fraction of sp³-hybridized carbons (Fsp3) is 0.138. The lowest BCUT2D eigenvalue weighted by Gasteiger charge is -2.19. The van der Waals surface area contributed by atoms with E-state index in [1.807, 2.05) is 54.7 Å². The third-order valence-electron chi connectivity index (χ3n) is 6.37. The van der Waals surface area contributed by atoms with Gasteiger partial charge in [-0.05, 0) is 53.7 Å². The molecule has 2 aliphatic rings. The Labute approximate surface area is 233 Å². The quantitative estimate of drug-likeness (QED) is 0.301. The van der Waals surface area contributed by atoms with Gasteiger partial charge in [-0.25, -0.2) is 0 Å². The number of anilines is 1. The van der Waals surface area contributed by atoms with Crippen molar-refractivity contribution in [2.75, 3.05) is 25.1 Å². The zero-order valence-corrected chi connectivity index (χ0v) is 22.1. The number of halogens is 1. The fourth-order valence-electron chi connectivity index (χ4n) is 4.55. The van der Waals surface area contributed by atoms with Crippen LogP contribution < -0.4 is 14.8 Å². The van der Waals surface area contributed by atoms with E-state index in [1.54, 1.807) is 24.3 Å². The van der Waals surface area contributed by atoms with Crippen molar-refractivity contribution in [2.24, 2.45) is 0 Å². The molecule has 0 bridgehead atoms. The summed E-state index contributed by atoms with van der Waals surface area (Å²) in [5.41, 5.74) is 3.37. The van der Waals surface area contributed by atoms with E-state index in [1.165, 1.54) is 0 Å². The van der Waals surface area contributed by atoms with Gasteiger partial charge in [-0.1, -0.05) is 41.9 Å². The second-order valence-corrected chi connectivity index (χ2v) is 10.5. The number of para-hydroxylation sites is 1. The minimum Gasteiger partial charge on any atom is -0.486 e. The van der Waals surface area contributed by atoms with Crippen LogP contribution in [0.4, 0.5) is 10.5 Å². The fourth-order valence-corrected chi connectivity index (χ4v) is 5.51. The van der Waals surface area contributed by atoms with Crippen molar-refractivity contribution >= 4 is 63.1 Å². The number of carbonyl (C=O) groups is 3. The molecule has 10 heteroatoms. The number of thioether (sulfide) groups is 1. The van der Waals surface area contributed by atoms with E-state index in [2.05, 4.69) is 9.88 Å². The summed E-state index contributed by atoms with van der Waals surface area (Å²) in [6, 6.07) is 20.6. The maximum Gasteiger partial charge on any atom is 0.294 e. The molecule has 0 saturated carbocycles. The number of imide groups is 1. The zero-order valence-electron chi connectivity index (χ0n) is 20.6. The first kappa shape index (κ1) is 25.1. The van der Waals surface area contributed by atoms with Crippen LogP contribution in [-0.2, 0) is 16.1 Å². The van der Waals surface area contributed by atoms with E-state index in [-0.39, 0.29) is 4.91 Å². The smallest absolute Gasteiger partial charge is 0.294 e. The number of carbonyl (C=O) groups excluding carboxylic acids is 3. The van der Waals surface area contributed by atoms with Crippen LogP contribution in [0.1, 0.15) is 11.1 Å². The third kappa shape index (κ3) is 5.23. The monoisotopic (exact) mass is 559 g/mol. The Morgan fingerprint density at radius 3 is 2.59 bits per heavy atom. The molecule has 39 heavy (non-hydrogen) atoms. The predicted octanol–water partition coefficient (Wildman–Crippen LogP) is 5.79. The molecule has 0 aliphatic carbocycles. The van der Waals surface area contributed by atoms with Gasteiger partial charge in [-0.15, -0.1) is 0 Å². The summed E-state index contributed by atoms with van der Waals surface area (Å²) in [5, 5.41) is 3.85. The summed E-state index contributed by atoms with van der Waals surface area (Å²) in [4.78, 5) is 39.8. The minimum absolute atomic E-state index is 0.265. The molecule has 1 N–H and O–H groups in total. The van der Waals surface area contributed by atoms with Crippen LogP contribution >= 0.6 is 23.4 Å². The highest BCUT2D eigenvalue weighted by Gasteiger charge is 2.36. The molecule has 0 spiro atoms. The molecule has 0 unspecified atom stereocenters. The van der Waals surface area contributed by atoms with E-state index in [9.17, 15) is 14.4 Å². The van der Waals surface area contributed by atoms with Crippen LogP contribution in [0.3, 0.4) is 0 Å². The van der Waals surface area contributed by atoms with Crippen molar-refractivity contribution in [3.05, 3.63) is 94.0 Å². The molecule has 1 saturated heterocycles. The Morgan fingerprint density at radius 1 is 1.00 bits per heavy atom. The Balaban J connectivity index is 1.19. The van der Waals surface area contributed by atoms with Crippen LogP contribution in [0, 0.1) is 0 Å². The SMILES string of the molecule is O=C(CN1C(=O)S/C(=C\c2cn(Cc3ccc(Cl)cc3)c3ccccc23)C1=O)Nc1ccc2c(c1)OCCO2. The van der Waals surface area contributed by atoms with Crippen LogP contribution in [0.2, 0.25) is 5.02 Å². The Morgan fingerprint density at radius 2 is 1.77 bits per heavy atom. The van der Waals surface area contributed by atoms with Crippen molar-refractivity contribution in [3.8, 4) is 11.5 Å². The summed E-state index contributed by atoms with van der Waals surface area (Å²) >= 11 is 6.85. The molecule has 3 heterocycles. The Kier molecular flexibility index (Phi) is 6.76. The highest BCUT2D eigenvalue weighted by Crippen LogP contribution is 2.35. The van der Waals surface area contributed by atoms with Crippen LogP contribution in [0.25, 0.3) is 17.0 Å². The van der Waals surface area contributed by atoms with Gasteiger partial charge in [-0.2, -0.15) is 0 Å². The molecule has 0 radical (unpaired) electrons. The number of aromatic nitrogens is 1. The summed E-state index contributed by atoms with van der Waals surface area (Å²) in [5.74, 6) is 0.139. The number of benzene rings is 3. The summed E-state index contributed by atoms with van der Waals surface area (Å²) in [6.07, 6.45) is 3.67. The number of nitrogens with one attached hydrogen (secondary N) is 1. The molecule has 1 fully saturated rings. The van der Waals surface area contributed by atoms with Crippen LogP contribution in [0.15, 0.2) is 77.8 Å². The maximum atomic E-state index is 13.1. The van der Waals surface area contributed by atoms with E-state index >= 15 is 0 Å². The van der Waals surface area contributed by atoms with Gasteiger partial charge >= 0.3 is 0 Å². The van der Waals surface area contributed by atoms with Gasteiger partial charge in [-0.3, -0.25) is 19.3 Å². The molecule has 4 aromatic rings. The number of hydrogen-bond donors (Lipinski definition) is 1. The van der Waals surface area contributed by atoms with E-state index < -0.39 is 23.6 Å². The topological polar surface area (TPSA) is 89.9 Å². The largest absolute Gasteiger partial charge is 0.486 e. The van der Waals surface area contributed by atoms with Gasteiger partial charge in [0.15, 0.2) is 11.5 Å². The average molecular weight is 560 g/mol. The zero-order chi connectivity index (χ0) is 26.9. The van der Waals surface area contributed by atoms with Crippen molar-refractivity contribution in [3.63, 3.8) is 0 Å². The molecule has 3 aromatic carbocycles. The van der Waals surface area contributed by atoms with Gasteiger partial charge in [0, 0.05) is 46.0 Å². The van der Waals surface area contributed by atoms with Gasteiger partial charge in [0.1, 0.15) is 19.8 Å². The predicted molar refractivity (Wildman–Crippen MR) is 151 cm³/mol. The van der Waals surface area contributed by atoms with Crippen molar-refractivity contribution in [1.29, 1.82) is 0 Å². The Hall–Kier alpha value is -4.21. The normalized spacial score (nSPS) is 15.8. The number of amides is 3. The molecule has 6 rings (SSSR count). The highest BCUT2D eigenvalue weighted by atomic mass is 35.5. The molecular formula is C29H22ClN3O5S. The maximum absolute atomic E-state index is 13.1. The number of hydrogen-bond acceptors (Lipinski definition) is 6. The van der Waals surface area contributed by atoms with Crippen molar-refractivity contribution < 1.29 is 23.9 Å². The van der Waals surface area contributed by atoms with E-state index in [0.717, 1.165) is 38.7 Å². The average Bonchev–Trinajstić information content (AvgIpc) is 3.41. The molecule has 1 aromatic heterocycles. The molecule has 2 aliphatic heterocycles. The molecule has 0 atom stereocenters. The van der Waals surface area contributed by atoms with Crippen LogP contribution in [-0.4, -0.2) is 46.3 Å². The molecule has 8 nitrogen and oxygen atoms in total. The summed E-state index contributed by atoms with van der Waals surface area (Å²) in [6.45, 7) is 1.11. The second kappa shape index (κ2) is 10.5. The summed E-state index contributed by atoms with van der Waals surface area (Å²) in [7, 11) is 0. The van der Waals surface area contributed by atoms with Crippen molar-refractivity contribution in [2.45, 2.75) is 6.54 Å². The van der Waals surface area contributed by atoms with Gasteiger partial charge in [0.2, 0.25) is 5.91 Å². The van der Waals surface area contributed by atoms with E-state index in [0.29, 0.717) is 42.0 Å². The van der Waals surface area contributed by atoms with Crippen LogP contribution in [0.5, 0.6) is 11.5 Å².